The molecule has 0 saturated carbocycles. The second-order valence-electron chi connectivity index (χ2n) is 6.37. The Labute approximate surface area is 156 Å². The van der Waals surface area contributed by atoms with Crippen LogP contribution in [0.5, 0.6) is 0 Å². The van der Waals surface area contributed by atoms with Crippen LogP contribution in [0.4, 0.5) is 0 Å². The molecule has 0 aliphatic carbocycles. The molecule has 1 saturated heterocycles. The molecule has 2 aromatic heterocycles. The van der Waals surface area contributed by atoms with Gasteiger partial charge in [0, 0.05) is 30.4 Å². The van der Waals surface area contributed by atoms with E-state index >= 15 is 0 Å². The van der Waals surface area contributed by atoms with Crippen molar-refractivity contribution in [3.63, 3.8) is 0 Å². The zero-order valence-corrected chi connectivity index (χ0v) is 14.9. The average molecular weight is 368 g/mol. The number of likely N-dealkylation sites (tertiary alicyclic amines) is 1. The van der Waals surface area contributed by atoms with E-state index in [4.69, 9.17) is 16.0 Å². The van der Waals surface area contributed by atoms with Crippen LogP contribution in [0.2, 0.25) is 5.02 Å². The van der Waals surface area contributed by atoms with Gasteiger partial charge in [-0.3, -0.25) is 9.78 Å². The van der Waals surface area contributed by atoms with Crippen molar-refractivity contribution in [3.8, 4) is 0 Å². The summed E-state index contributed by atoms with van der Waals surface area (Å²) >= 11 is 6.04. The molecule has 1 aliphatic rings. The van der Waals surface area contributed by atoms with E-state index in [0.29, 0.717) is 29.4 Å². The normalized spacial score (nSPS) is 16.8. The number of carbonyl (C=O) groups is 1. The fraction of sp³-hybridized carbons (Fsp3) is 0.250. The smallest absolute Gasteiger partial charge is 0.256 e. The van der Waals surface area contributed by atoms with Crippen LogP contribution in [0.25, 0.3) is 0 Å². The molecule has 0 unspecified atom stereocenters. The molecule has 1 aliphatic heterocycles. The fourth-order valence-electron chi connectivity index (χ4n) is 3.33. The van der Waals surface area contributed by atoms with Crippen LogP contribution in [-0.2, 0) is 6.42 Å². The SMILES string of the molecule is O=C(c1cccnc1)N1CCC[C@@H]1c1ncc(Cc2cccc(Cl)c2)o1. The van der Waals surface area contributed by atoms with Gasteiger partial charge in [-0.15, -0.1) is 0 Å². The van der Waals surface area contributed by atoms with Gasteiger partial charge in [0.1, 0.15) is 11.8 Å². The summed E-state index contributed by atoms with van der Waals surface area (Å²) in [5, 5.41) is 0.700. The number of amides is 1. The van der Waals surface area contributed by atoms with Gasteiger partial charge < -0.3 is 9.32 Å². The Morgan fingerprint density at radius 2 is 2.19 bits per heavy atom. The molecule has 132 valence electrons. The number of aromatic nitrogens is 2. The predicted molar refractivity (Wildman–Crippen MR) is 98.0 cm³/mol. The van der Waals surface area contributed by atoms with Crippen molar-refractivity contribution in [2.75, 3.05) is 6.54 Å². The number of carbonyl (C=O) groups excluding carboxylic acids is 1. The summed E-state index contributed by atoms with van der Waals surface area (Å²) in [6.45, 7) is 0.699. The molecular formula is C20H18ClN3O2. The Bertz CT molecular complexity index is 910. The van der Waals surface area contributed by atoms with Crippen molar-refractivity contribution in [2.45, 2.75) is 25.3 Å². The van der Waals surface area contributed by atoms with Crippen LogP contribution >= 0.6 is 11.6 Å². The van der Waals surface area contributed by atoms with Crippen LogP contribution in [0.3, 0.4) is 0 Å². The van der Waals surface area contributed by atoms with Crippen LogP contribution < -0.4 is 0 Å². The van der Waals surface area contributed by atoms with Gasteiger partial charge in [-0.2, -0.15) is 0 Å². The number of hydrogen-bond acceptors (Lipinski definition) is 4. The molecular weight excluding hydrogens is 350 g/mol. The minimum absolute atomic E-state index is 0.0322. The zero-order chi connectivity index (χ0) is 17.9. The molecule has 1 aromatic carbocycles. The van der Waals surface area contributed by atoms with Crippen LogP contribution in [0.15, 0.2) is 59.4 Å². The first-order valence-electron chi connectivity index (χ1n) is 8.61. The zero-order valence-electron chi connectivity index (χ0n) is 14.1. The maximum Gasteiger partial charge on any atom is 0.256 e. The second kappa shape index (κ2) is 7.30. The number of oxazole rings is 1. The largest absolute Gasteiger partial charge is 0.443 e. The lowest BCUT2D eigenvalue weighted by molar-refractivity contribution is 0.0714. The number of pyridine rings is 1. The third-order valence-electron chi connectivity index (χ3n) is 4.55. The standard InChI is InChI=1S/C20H18ClN3O2/c21-16-6-1-4-14(10-16)11-17-13-23-19(26-17)18-7-3-9-24(18)20(25)15-5-2-8-22-12-15/h1-2,4-6,8,10,12-13,18H,3,7,9,11H2/t18-/m1/s1. The van der Waals surface area contributed by atoms with E-state index in [1.807, 2.05) is 29.2 Å². The Morgan fingerprint density at radius 3 is 3.00 bits per heavy atom. The van der Waals surface area contributed by atoms with E-state index in [9.17, 15) is 4.79 Å². The van der Waals surface area contributed by atoms with Crippen LogP contribution in [0, 0.1) is 0 Å². The van der Waals surface area contributed by atoms with Crippen LogP contribution in [-0.4, -0.2) is 27.3 Å². The molecule has 1 amide bonds. The molecule has 1 fully saturated rings. The van der Waals surface area contributed by atoms with Crippen molar-refractivity contribution in [3.05, 3.63) is 82.8 Å². The van der Waals surface area contributed by atoms with Crippen molar-refractivity contribution < 1.29 is 9.21 Å². The highest BCUT2D eigenvalue weighted by Crippen LogP contribution is 2.33. The van der Waals surface area contributed by atoms with Crippen LogP contribution in [0.1, 0.15) is 46.5 Å². The topological polar surface area (TPSA) is 59.2 Å². The first kappa shape index (κ1) is 16.8. The Balaban J connectivity index is 1.52. The maximum absolute atomic E-state index is 12.8. The Morgan fingerprint density at radius 1 is 1.27 bits per heavy atom. The molecule has 0 N–H and O–H groups in total. The third-order valence-corrected chi connectivity index (χ3v) is 4.78. The summed E-state index contributed by atoms with van der Waals surface area (Å²) in [5.41, 5.74) is 1.65. The monoisotopic (exact) mass is 367 g/mol. The van der Waals surface area contributed by atoms with Gasteiger partial charge in [0.25, 0.3) is 5.91 Å². The summed E-state index contributed by atoms with van der Waals surface area (Å²) in [6.07, 6.45) is 7.40. The quantitative estimate of drug-likeness (QED) is 0.690. The average Bonchev–Trinajstić information content (AvgIpc) is 3.31. The lowest BCUT2D eigenvalue weighted by Crippen LogP contribution is -2.30. The molecule has 5 nitrogen and oxygen atoms in total. The second-order valence-corrected chi connectivity index (χ2v) is 6.81. The number of halogens is 1. The van der Waals surface area contributed by atoms with E-state index < -0.39 is 0 Å². The molecule has 4 rings (SSSR count). The minimum Gasteiger partial charge on any atom is -0.443 e. The maximum atomic E-state index is 12.8. The molecule has 26 heavy (non-hydrogen) atoms. The number of benzene rings is 1. The summed E-state index contributed by atoms with van der Waals surface area (Å²) < 4.78 is 5.96. The molecule has 3 aromatic rings. The van der Waals surface area contributed by atoms with Gasteiger partial charge in [0.2, 0.25) is 5.89 Å². The first-order valence-corrected chi connectivity index (χ1v) is 8.98. The molecule has 0 radical (unpaired) electrons. The lowest BCUT2D eigenvalue weighted by atomic mass is 10.1. The van der Waals surface area contributed by atoms with Crippen molar-refractivity contribution in [1.82, 2.24) is 14.9 Å². The highest BCUT2D eigenvalue weighted by molar-refractivity contribution is 6.30. The van der Waals surface area contributed by atoms with E-state index in [0.717, 1.165) is 24.2 Å². The predicted octanol–water partition coefficient (Wildman–Crippen LogP) is 4.29. The molecule has 3 heterocycles. The van der Waals surface area contributed by atoms with Gasteiger partial charge in [-0.1, -0.05) is 23.7 Å². The summed E-state index contributed by atoms with van der Waals surface area (Å²) in [5.74, 6) is 1.33. The highest BCUT2D eigenvalue weighted by Gasteiger charge is 2.33. The van der Waals surface area contributed by atoms with Crippen molar-refractivity contribution in [1.29, 1.82) is 0 Å². The number of nitrogens with zero attached hydrogens (tertiary/aromatic N) is 3. The van der Waals surface area contributed by atoms with E-state index in [2.05, 4.69) is 9.97 Å². The number of hydrogen-bond donors (Lipinski definition) is 0. The Hall–Kier alpha value is -2.66. The summed E-state index contributed by atoms with van der Waals surface area (Å²) in [7, 11) is 0. The fourth-order valence-corrected chi connectivity index (χ4v) is 3.54. The third kappa shape index (κ3) is 3.48. The minimum atomic E-state index is -0.129. The summed E-state index contributed by atoms with van der Waals surface area (Å²) in [6, 6.07) is 11.1. The molecule has 6 heteroatoms. The van der Waals surface area contributed by atoms with E-state index in [1.54, 1.807) is 30.7 Å². The Kier molecular flexibility index (Phi) is 4.71. The van der Waals surface area contributed by atoms with E-state index in [1.165, 1.54) is 0 Å². The number of rotatable bonds is 4. The highest BCUT2D eigenvalue weighted by atomic mass is 35.5. The van der Waals surface area contributed by atoms with Crippen molar-refractivity contribution in [2.24, 2.45) is 0 Å². The van der Waals surface area contributed by atoms with Crippen molar-refractivity contribution >= 4 is 17.5 Å². The van der Waals surface area contributed by atoms with Gasteiger partial charge >= 0.3 is 0 Å². The summed E-state index contributed by atoms with van der Waals surface area (Å²) in [4.78, 5) is 23.1. The molecule has 0 spiro atoms. The first-order chi connectivity index (χ1) is 12.7. The van der Waals surface area contributed by atoms with Gasteiger partial charge in [-0.05, 0) is 42.7 Å². The van der Waals surface area contributed by atoms with E-state index in [-0.39, 0.29) is 11.9 Å². The lowest BCUT2D eigenvalue weighted by Gasteiger charge is -2.22. The van der Waals surface area contributed by atoms with Gasteiger partial charge in [0.05, 0.1) is 11.8 Å². The van der Waals surface area contributed by atoms with Gasteiger partial charge in [0.15, 0.2) is 0 Å². The van der Waals surface area contributed by atoms with Gasteiger partial charge in [-0.25, -0.2) is 4.98 Å². The molecule has 0 bridgehead atoms. The molecule has 1 atom stereocenters.